The van der Waals surface area contributed by atoms with Crippen molar-refractivity contribution in [1.29, 1.82) is 0 Å². The molecule has 1 heterocycles. The van der Waals surface area contributed by atoms with E-state index in [4.69, 9.17) is 16.0 Å². The first kappa shape index (κ1) is 12.6. The number of benzene rings is 1. The van der Waals surface area contributed by atoms with E-state index in [0.29, 0.717) is 17.5 Å². The lowest BCUT2D eigenvalue weighted by atomic mass is 10.2. The molecule has 0 radical (unpaired) electrons. The normalized spacial score (nSPS) is 10.8. The molecule has 1 N–H and O–H groups in total. The Morgan fingerprint density at radius 3 is 3.06 bits per heavy atom. The molecule has 0 amide bonds. The van der Waals surface area contributed by atoms with Crippen molar-refractivity contribution in [3.8, 4) is 11.5 Å². The monoisotopic (exact) mass is 314 g/mol. The van der Waals surface area contributed by atoms with E-state index in [1.54, 1.807) is 6.26 Å². The summed E-state index contributed by atoms with van der Waals surface area (Å²) in [5.74, 6) is 0.546. The first-order valence-electron chi connectivity index (χ1n) is 5.32. The van der Waals surface area contributed by atoms with Crippen LogP contribution in [-0.2, 0) is 6.54 Å². The SMILES string of the molecule is CCNCc1coc(-c2cccc(Br)c2Cl)n1. The van der Waals surface area contributed by atoms with E-state index in [1.165, 1.54) is 0 Å². The van der Waals surface area contributed by atoms with Gasteiger partial charge in [-0.2, -0.15) is 0 Å². The molecule has 2 aromatic rings. The van der Waals surface area contributed by atoms with Crippen LogP contribution in [0.5, 0.6) is 0 Å². The third-order valence-electron chi connectivity index (χ3n) is 2.29. The molecule has 17 heavy (non-hydrogen) atoms. The molecule has 0 aliphatic heterocycles. The molecule has 3 nitrogen and oxygen atoms in total. The van der Waals surface area contributed by atoms with Gasteiger partial charge in [-0.1, -0.05) is 24.6 Å². The fraction of sp³-hybridized carbons (Fsp3) is 0.250. The third kappa shape index (κ3) is 2.89. The molecular weight excluding hydrogens is 304 g/mol. The molecule has 0 fully saturated rings. The Bertz CT molecular complexity index is 513. The van der Waals surface area contributed by atoms with Crippen molar-refractivity contribution < 1.29 is 4.42 Å². The van der Waals surface area contributed by atoms with Crippen LogP contribution >= 0.6 is 27.5 Å². The predicted octanol–water partition coefficient (Wildman–Crippen LogP) is 3.87. The maximum Gasteiger partial charge on any atom is 0.227 e. The minimum Gasteiger partial charge on any atom is -0.444 e. The lowest BCUT2D eigenvalue weighted by Crippen LogP contribution is -2.11. The first-order valence-corrected chi connectivity index (χ1v) is 6.49. The molecule has 0 atom stereocenters. The van der Waals surface area contributed by atoms with Crippen LogP contribution in [0.1, 0.15) is 12.6 Å². The lowest BCUT2D eigenvalue weighted by molar-refractivity contribution is 0.570. The number of halogens is 2. The Labute approximate surface area is 113 Å². The van der Waals surface area contributed by atoms with Crippen molar-refractivity contribution >= 4 is 27.5 Å². The molecule has 2 rings (SSSR count). The fourth-order valence-corrected chi connectivity index (χ4v) is 2.01. The molecule has 5 heteroatoms. The number of nitrogens with zero attached hydrogens (tertiary/aromatic N) is 1. The van der Waals surface area contributed by atoms with Crippen LogP contribution in [0.25, 0.3) is 11.5 Å². The van der Waals surface area contributed by atoms with Crippen LogP contribution in [0.4, 0.5) is 0 Å². The zero-order valence-electron chi connectivity index (χ0n) is 9.34. The van der Waals surface area contributed by atoms with Gasteiger partial charge in [0.1, 0.15) is 6.26 Å². The van der Waals surface area contributed by atoms with Gasteiger partial charge in [-0.05, 0) is 34.6 Å². The summed E-state index contributed by atoms with van der Waals surface area (Å²) in [6.45, 7) is 3.65. The van der Waals surface area contributed by atoms with E-state index in [-0.39, 0.29) is 0 Å². The van der Waals surface area contributed by atoms with Crippen LogP contribution in [0, 0.1) is 0 Å². The second-order valence-electron chi connectivity index (χ2n) is 3.53. The molecule has 0 bridgehead atoms. The predicted molar refractivity (Wildman–Crippen MR) is 72.0 cm³/mol. The van der Waals surface area contributed by atoms with Crippen LogP contribution in [-0.4, -0.2) is 11.5 Å². The summed E-state index contributed by atoms with van der Waals surface area (Å²) in [6.07, 6.45) is 1.65. The Kier molecular flexibility index (Phi) is 4.20. The van der Waals surface area contributed by atoms with Gasteiger partial charge in [-0.3, -0.25) is 0 Å². The van der Waals surface area contributed by atoms with Gasteiger partial charge in [0.15, 0.2) is 0 Å². The minimum atomic E-state index is 0.546. The zero-order chi connectivity index (χ0) is 12.3. The first-order chi connectivity index (χ1) is 8.22. The third-order valence-corrected chi connectivity index (χ3v) is 3.59. The van der Waals surface area contributed by atoms with Crippen LogP contribution in [0.2, 0.25) is 5.02 Å². The van der Waals surface area contributed by atoms with Gasteiger partial charge >= 0.3 is 0 Å². The van der Waals surface area contributed by atoms with Crippen molar-refractivity contribution in [2.45, 2.75) is 13.5 Å². The largest absolute Gasteiger partial charge is 0.444 e. The number of oxazole rings is 1. The molecule has 0 spiro atoms. The van der Waals surface area contributed by atoms with E-state index >= 15 is 0 Å². The zero-order valence-corrected chi connectivity index (χ0v) is 11.7. The standard InChI is InChI=1S/C12H12BrClN2O/c1-2-15-6-8-7-17-12(16-8)9-4-3-5-10(13)11(9)14/h3-5,7,15H,2,6H2,1H3. The van der Waals surface area contributed by atoms with Gasteiger partial charge in [0.25, 0.3) is 0 Å². The second kappa shape index (κ2) is 5.67. The Morgan fingerprint density at radius 1 is 1.47 bits per heavy atom. The summed E-state index contributed by atoms with van der Waals surface area (Å²) >= 11 is 9.56. The van der Waals surface area contributed by atoms with Crippen molar-refractivity contribution in [2.75, 3.05) is 6.54 Å². The van der Waals surface area contributed by atoms with Crippen molar-refractivity contribution in [1.82, 2.24) is 10.3 Å². The molecule has 0 aliphatic rings. The molecule has 0 unspecified atom stereocenters. The highest BCUT2D eigenvalue weighted by Gasteiger charge is 2.11. The second-order valence-corrected chi connectivity index (χ2v) is 4.76. The number of hydrogen-bond acceptors (Lipinski definition) is 3. The van der Waals surface area contributed by atoms with E-state index < -0.39 is 0 Å². The number of rotatable bonds is 4. The van der Waals surface area contributed by atoms with Crippen LogP contribution < -0.4 is 5.32 Å². The van der Waals surface area contributed by atoms with E-state index in [1.807, 2.05) is 25.1 Å². The summed E-state index contributed by atoms with van der Waals surface area (Å²) in [4.78, 5) is 4.39. The van der Waals surface area contributed by atoms with Gasteiger partial charge in [0, 0.05) is 11.0 Å². The van der Waals surface area contributed by atoms with E-state index in [9.17, 15) is 0 Å². The quantitative estimate of drug-likeness (QED) is 0.931. The van der Waals surface area contributed by atoms with E-state index in [2.05, 4.69) is 26.2 Å². The number of nitrogens with one attached hydrogen (secondary N) is 1. The fourth-order valence-electron chi connectivity index (χ4n) is 1.43. The summed E-state index contributed by atoms with van der Waals surface area (Å²) in [5, 5.41) is 3.81. The average Bonchev–Trinajstić information content (AvgIpc) is 2.78. The summed E-state index contributed by atoms with van der Waals surface area (Å²) in [6, 6.07) is 5.67. The molecule has 0 saturated heterocycles. The van der Waals surface area contributed by atoms with E-state index in [0.717, 1.165) is 22.3 Å². The van der Waals surface area contributed by atoms with Gasteiger partial charge in [0.2, 0.25) is 5.89 Å². The minimum absolute atomic E-state index is 0.546. The highest BCUT2D eigenvalue weighted by atomic mass is 79.9. The van der Waals surface area contributed by atoms with Gasteiger partial charge < -0.3 is 9.73 Å². The summed E-state index contributed by atoms with van der Waals surface area (Å²) in [7, 11) is 0. The van der Waals surface area contributed by atoms with Crippen LogP contribution in [0.3, 0.4) is 0 Å². The lowest BCUT2D eigenvalue weighted by Gasteiger charge is -2.00. The van der Waals surface area contributed by atoms with Crippen LogP contribution in [0.15, 0.2) is 33.4 Å². The molecule has 0 aliphatic carbocycles. The Balaban J connectivity index is 2.27. The highest BCUT2D eigenvalue weighted by Crippen LogP contribution is 2.32. The Hall–Kier alpha value is -0.840. The maximum atomic E-state index is 6.18. The Morgan fingerprint density at radius 2 is 2.29 bits per heavy atom. The highest BCUT2D eigenvalue weighted by molar-refractivity contribution is 9.10. The molecule has 1 aromatic carbocycles. The average molecular weight is 316 g/mol. The maximum absolute atomic E-state index is 6.18. The van der Waals surface area contributed by atoms with Crippen molar-refractivity contribution in [2.24, 2.45) is 0 Å². The van der Waals surface area contributed by atoms with Crippen molar-refractivity contribution in [3.63, 3.8) is 0 Å². The van der Waals surface area contributed by atoms with Gasteiger partial charge in [-0.25, -0.2) is 4.98 Å². The molecule has 1 aromatic heterocycles. The number of aromatic nitrogens is 1. The summed E-state index contributed by atoms with van der Waals surface area (Å²) < 4.78 is 6.26. The van der Waals surface area contributed by atoms with Gasteiger partial charge in [-0.15, -0.1) is 0 Å². The summed E-state index contributed by atoms with van der Waals surface area (Å²) in [5.41, 5.74) is 1.67. The molecular formula is C12H12BrClN2O. The van der Waals surface area contributed by atoms with Gasteiger partial charge in [0.05, 0.1) is 16.3 Å². The molecule has 90 valence electrons. The smallest absolute Gasteiger partial charge is 0.227 e. The topological polar surface area (TPSA) is 38.1 Å². The number of hydrogen-bond donors (Lipinski definition) is 1. The molecule has 0 saturated carbocycles. The van der Waals surface area contributed by atoms with Crippen molar-refractivity contribution in [3.05, 3.63) is 39.7 Å².